The van der Waals surface area contributed by atoms with E-state index in [1.807, 2.05) is 0 Å². The molecule has 0 aromatic heterocycles. The number of hydrogen-bond donors (Lipinski definition) is 2. The summed E-state index contributed by atoms with van der Waals surface area (Å²) >= 11 is 0. The minimum atomic E-state index is -0.606. The third-order valence-corrected chi connectivity index (χ3v) is 7.64. The molecule has 2 N–H and O–H groups in total. The SMILES string of the molecule is CCCCCCCC[C@H](O)[C@H](Cc1ccccc1)NC(c1ccccc1)(c1ccccc1)c1ccccc1. The van der Waals surface area contributed by atoms with Crippen molar-refractivity contribution in [3.05, 3.63) is 144 Å². The van der Waals surface area contributed by atoms with Gasteiger partial charge in [-0.05, 0) is 35.1 Å². The molecule has 0 radical (unpaired) electrons. The summed E-state index contributed by atoms with van der Waals surface area (Å²) in [5.74, 6) is 0. The first-order chi connectivity index (χ1) is 18.7. The molecule has 198 valence electrons. The van der Waals surface area contributed by atoms with Crippen LogP contribution in [0.2, 0.25) is 0 Å². The molecule has 38 heavy (non-hydrogen) atoms. The molecule has 0 amide bonds. The van der Waals surface area contributed by atoms with E-state index in [4.69, 9.17) is 0 Å². The Morgan fingerprint density at radius 1 is 0.579 bits per heavy atom. The molecule has 2 heteroatoms. The summed E-state index contributed by atoms with van der Waals surface area (Å²) in [5.41, 5.74) is 4.13. The highest BCUT2D eigenvalue weighted by atomic mass is 16.3. The number of unbranched alkanes of at least 4 members (excludes halogenated alkanes) is 5. The van der Waals surface area contributed by atoms with Crippen LogP contribution >= 0.6 is 0 Å². The highest BCUT2D eigenvalue weighted by Gasteiger charge is 2.39. The standard InChI is InChI=1S/C36H43NO/c1-2-3-4-5-6-19-28-35(38)34(29-30-20-11-7-12-21-30)37-36(31-22-13-8-14-23-31,32-24-15-9-16-25-32)33-26-17-10-18-27-33/h7-18,20-27,34-35,37-38H,2-6,19,28-29H2,1H3/t34-,35-/m0/s1. The zero-order chi connectivity index (χ0) is 26.5. The Balaban J connectivity index is 1.73. The molecule has 0 saturated heterocycles. The molecule has 0 bridgehead atoms. The van der Waals surface area contributed by atoms with Gasteiger partial charge in [-0.15, -0.1) is 0 Å². The van der Waals surface area contributed by atoms with Crippen molar-refractivity contribution in [3.63, 3.8) is 0 Å². The van der Waals surface area contributed by atoms with Crippen LogP contribution < -0.4 is 5.32 Å². The maximum atomic E-state index is 11.7. The van der Waals surface area contributed by atoms with E-state index in [-0.39, 0.29) is 6.04 Å². The van der Waals surface area contributed by atoms with E-state index >= 15 is 0 Å². The second kappa shape index (κ2) is 14.7. The molecule has 0 aliphatic heterocycles. The van der Waals surface area contributed by atoms with Crippen molar-refractivity contribution in [1.29, 1.82) is 0 Å². The van der Waals surface area contributed by atoms with Crippen LogP contribution in [-0.4, -0.2) is 17.3 Å². The van der Waals surface area contributed by atoms with Gasteiger partial charge in [0.15, 0.2) is 0 Å². The number of benzene rings is 4. The molecule has 4 rings (SSSR count). The van der Waals surface area contributed by atoms with Crippen LogP contribution in [0.25, 0.3) is 0 Å². The minimum absolute atomic E-state index is 0.131. The van der Waals surface area contributed by atoms with E-state index in [1.165, 1.54) is 54.4 Å². The summed E-state index contributed by atoms with van der Waals surface area (Å²) in [4.78, 5) is 0. The molecule has 2 atom stereocenters. The maximum absolute atomic E-state index is 11.7. The monoisotopic (exact) mass is 505 g/mol. The first-order valence-corrected chi connectivity index (χ1v) is 14.4. The molecule has 0 unspecified atom stereocenters. The molecule has 0 aliphatic carbocycles. The lowest BCUT2D eigenvalue weighted by Crippen LogP contribution is -2.54. The van der Waals surface area contributed by atoms with E-state index in [1.54, 1.807) is 0 Å². The molecular formula is C36H43NO. The largest absolute Gasteiger partial charge is 0.391 e. The van der Waals surface area contributed by atoms with Gasteiger partial charge in [0.05, 0.1) is 11.6 Å². The summed E-state index contributed by atoms with van der Waals surface area (Å²) in [6, 6.07) is 42.5. The number of aliphatic hydroxyl groups is 1. The Hall–Kier alpha value is -3.20. The van der Waals surface area contributed by atoms with Gasteiger partial charge in [-0.3, -0.25) is 5.32 Å². The van der Waals surface area contributed by atoms with Crippen LogP contribution in [0, 0.1) is 0 Å². The van der Waals surface area contributed by atoms with E-state index in [0.29, 0.717) is 0 Å². The minimum Gasteiger partial charge on any atom is -0.391 e. The Morgan fingerprint density at radius 2 is 1.00 bits per heavy atom. The fraction of sp³-hybridized carbons (Fsp3) is 0.333. The number of rotatable bonds is 15. The zero-order valence-corrected chi connectivity index (χ0v) is 22.8. The van der Waals surface area contributed by atoms with Crippen molar-refractivity contribution in [2.24, 2.45) is 0 Å². The van der Waals surface area contributed by atoms with Crippen molar-refractivity contribution in [1.82, 2.24) is 5.32 Å². The molecule has 2 nitrogen and oxygen atoms in total. The van der Waals surface area contributed by atoms with Gasteiger partial charge in [0.2, 0.25) is 0 Å². The van der Waals surface area contributed by atoms with Crippen molar-refractivity contribution >= 4 is 0 Å². The smallest absolute Gasteiger partial charge is 0.0951 e. The van der Waals surface area contributed by atoms with Gasteiger partial charge >= 0.3 is 0 Å². The summed E-state index contributed by atoms with van der Waals surface area (Å²) in [5, 5.41) is 15.8. The lowest BCUT2D eigenvalue weighted by atomic mass is 9.75. The molecule has 0 spiro atoms. The predicted molar refractivity (Wildman–Crippen MR) is 160 cm³/mol. The normalized spacial score (nSPS) is 13.2. The van der Waals surface area contributed by atoms with Gasteiger partial charge in [-0.25, -0.2) is 0 Å². The van der Waals surface area contributed by atoms with Crippen molar-refractivity contribution in [2.75, 3.05) is 0 Å². The van der Waals surface area contributed by atoms with E-state index in [0.717, 1.165) is 19.3 Å². The summed E-state index contributed by atoms with van der Waals surface area (Å²) in [6.07, 6.45) is 8.41. The Morgan fingerprint density at radius 3 is 1.47 bits per heavy atom. The highest BCUT2D eigenvalue weighted by molar-refractivity contribution is 5.49. The Kier molecular flexibility index (Phi) is 10.7. The van der Waals surface area contributed by atoms with Crippen LogP contribution in [0.5, 0.6) is 0 Å². The first-order valence-electron chi connectivity index (χ1n) is 14.4. The van der Waals surface area contributed by atoms with E-state index in [2.05, 4.69) is 134 Å². The molecule has 0 aliphatic rings. The molecule has 4 aromatic carbocycles. The molecule has 0 saturated carbocycles. The fourth-order valence-corrected chi connectivity index (χ4v) is 5.58. The first kappa shape index (κ1) is 27.8. The quantitative estimate of drug-likeness (QED) is 0.126. The third-order valence-electron chi connectivity index (χ3n) is 7.64. The summed E-state index contributed by atoms with van der Waals surface area (Å²) < 4.78 is 0. The lowest BCUT2D eigenvalue weighted by molar-refractivity contribution is 0.104. The average Bonchev–Trinajstić information content (AvgIpc) is 2.99. The van der Waals surface area contributed by atoms with Gasteiger partial charge in [0, 0.05) is 6.04 Å². The Labute approximate surface area is 229 Å². The fourth-order valence-electron chi connectivity index (χ4n) is 5.58. The van der Waals surface area contributed by atoms with Crippen LogP contribution in [0.1, 0.15) is 74.1 Å². The van der Waals surface area contributed by atoms with Gasteiger partial charge in [0.1, 0.15) is 0 Å². The van der Waals surface area contributed by atoms with Crippen LogP contribution in [0.4, 0.5) is 0 Å². The second-order valence-corrected chi connectivity index (χ2v) is 10.4. The topological polar surface area (TPSA) is 32.3 Å². The van der Waals surface area contributed by atoms with Crippen molar-refractivity contribution in [2.45, 2.75) is 76.0 Å². The average molecular weight is 506 g/mol. The van der Waals surface area contributed by atoms with Crippen LogP contribution in [0.3, 0.4) is 0 Å². The third kappa shape index (κ3) is 7.22. The van der Waals surface area contributed by atoms with Gasteiger partial charge in [0.25, 0.3) is 0 Å². The van der Waals surface area contributed by atoms with E-state index in [9.17, 15) is 5.11 Å². The van der Waals surface area contributed by atoms with Crippen LogP contribution in [0.15, 0.2) is 121 Å². The molecule has 4 aromatic rings. The highest BCUT2D eigenvalue weighted by Crippen LogP contribution is 2.38. The Bertz CT molecular complexity index is 1060. The number of aliphatic hydroxyl groups excluding tert-OH is 1. The van der Waals surface area contributed by atoms with Gasteiger partial charge < -0.3 is 5.11 Å². The lowest BCUT2D eigenvalue weighted by Gasteiger charge is -2.41. The zero-order valence-electron chi connectivity index (χ0n) is 22.8. The summed E-state index contributed by atoms with van der Waals surface area (Å²) in [6.45, 7) is 2.25. The number of hydrogen-bond acceptors (Lipinski definition) is 2. The molecule has 0 fully saturated rings. The van der Waals surface area contributed by atoms with Gasteiger partial charge in [-0.2, -0.15) is 0 Å². The molecule has 0 heterocycles. The predicted octanol–water partition coefficient (Wildman–Crippen LogP) is 8.29. The van der Waals surface area contributed by atoms with Gasteiger partial charge in [-0.1, -0.05) is 167 Å². The van der Waals surface area contributed by atoms with E-state index < -0.39 is 11.6 Å². The maximum Gasteiger partial charge on any atom is 0.0951 e. The van der Waals surface area contributed by atoms with Crippen LogP contribution in [-0.2, 0) is 12.0 Å². The number of nitrogens with one attached hydrogen (secondary N) is 1. The van der Waals surface area contributed by atoms with Crippen molar-refractivity contribution in [3.8, 4) is 0 Å². The second-order valence-electron chi connectivity index (χ2n) is 10.4. The molecular weight excluding hydrogens is 462 g/mol. The summed E-state index contributed by atoms with van der Waals surface area (Å²) in [7, 11) is 0. The van der Waals surface area contributed by atoms with Crippen molar-refractivity contribution < 1.29 is 5.11 Å².